The summed E-state index contributed by atoms with van der Waals surface area (Å²) in [5, 5.41) is 5.54. The molecule has 3 aromatic carbocycles. The van der Waals surface area contributed by atoms with Crippen LogP contribution in [0.5, 0.6) is 0 Å². The maximum atomic E-state index is 12.5. The third-order valence-electron chi connectivity index (χ3n) is 4.60. The maximum Gasteiger partial charge on any atom is 0.255 e. The summed E-state index contributed by atoms with van der Waals surface area (Å²) in [6.45, 7) is 2.25. The topological polar surface area (TPSA) is 104 Å². The summed E-state index contributed by atoms with van der Waals surface area (Å²) < 4.78 is 26.8. The van der Waals surface area contributed by atoms with E-state index in [1.165, 1.54) is 24.3 Å². The van der Waals surface area contributed by atoms with Crippen LogP contribution in [0.25, 0.3) is 0 Å². The van der Waals surface area contributed by atoms with E-state index in [0.717, 1.165) is 5.56 Å². The Balaban J connectivity index is 1.57. The van der Waals surface area contributed by atoms with E-state index in [1.54, 1.807) is 24.3 Å². The number of rotatable bonds is 9. The molecule has 0 heterocycles. The van der Waals surface area contributed by atoms with Crippen LogP contribution in [-0.2, 0) is 21.2 Å². The lowest BCUT2D eigenvalue weighted by molar-refractivity contribution is -0.115. The number of nitrogens with one attached hydrogen (secondary N) is 3. The first-order valence-electron chi connectivity index (χ1n) is 10.2. The number of benzene rings is 3. The van der Waals surface area contributed by atoms with Gasteiger partial charge in [-0.1, -0.05) is 37.3 Å². The summed E-state index contributed by atoms with van der Waals surface area (Å²) in [7, 11) is -3.55. The molecule has 0 atom stereocenters. The molecule has 166 valence electrons. The first-order valence-corrected chi connectivity index (χ1v) is 11.7. The molecule has 0 radical (unpaired) electrons. The normalized spacial score (nSPS) is 11.0. The number of hydrogen-bond acceptors (Lipinski definition) is 4. The summed E-state index contributed by atoms with van der Waals surface area (Å²) in [5.41, 5.74) is 2.40. The van der Waals surface area contributed by atoms with Crippen LogP contribution in [0.4, 0.5) is 11.4 Å². The van der Waals surface area contributed by atoms with E-state index in [-0.39, 0.29) is 23.1 Å². The average molecular weight is 452 g/mol. The van der Waals surface area contributed by atoms with Gasteiger partial charge in [0.2, 0.25) is 15.9 Å². The van der Waals surface area contributed by atoms with Crippen molar-refractivity contribution in [3.05, 3.63) is 90.0 Å². The second-order valence-corrected chi connectivity index (χ2v) is 8.93. The highest BCUT2D eigenvalue weighted by molar-refractivity contribution is 7.89. The quantitative estimate of drug-likeness (QED) is 0.460. The molecule has 0 aliphatic heterocycles. The highest BCUT2D eigenvalue weighted by atomic mass is 32.2. The Kier molecular flexibility index (Phi) is 7.75. The van der Waals surface area contributed by atoms with Crippen molar-refractivity contribution in [2.24, 2.45) is 0 Å². The molecule has 3 rings (SSSR count). The van der Waals surface area contributed by atoms with Crippen molar-refractivity contribution in [2.75, 3.05) is 17.2 Å². The van der Waals surface area contributed by atoms with Crippen LogP contribution < -0.4 is 15.4 Å². The van der Waals surface area contributed by atoms with Gasteiger partial charge in [-0.2, -0.15) is 0 Å². The largest absolute Gasteiger partial charge is 0.326 e. The molecule has 8 heteroatoms. The molecule has 0 aliphatic rings. The van der Waals surface area contributed by atoms with Crippen LogP contribution in [0.3, 0.4) is 0 Å². The lowest BCUT2D eigenvalue weighted by Gasteiger charge is -2.09. The van der Waals surface area contributed by atoms with Crippen molar-refractivity contribution in [2.45, 2.75) is 24.7 Å². The summed E-state index contributed by atoms with van der Waals surface area (Å²) in [4.78, 5) is 24.8. The number of carbonyl (C=O) groups is 2. The van der Waals surface area contributed by atoms with Gasteiger partial charge >= 0.3 is 0 Å². The summed E-state index contributed by atoms with van der Waals surface area (Å²) >= 11 is 0. The van der Waals surface area contributed by atoms with Gasteiger partial charge in [0.15, 0.2) is 0 Å². The number of carbonyl (C=O) groups excluding carboxylic acids is 2. The molecule has 0 fully saturated rings. The van der Waals surface area contributed by atoms with Crippen molar-refractivity contribution in [3.8, 4) is 0 Å². The molecular weight excluding hydrogens is 426 g/mol. The molecule has 0 saturated carbocycles. The Hall–Kier alpha value is -3.49. The first kappa shape index (κ1) is 23.2. The Labute approximate surface area is 187 Å². The van der Waals surface area contributed by atoms with Gasteiger partial charge in [0, 0.05) is 23.5 Å². The van der Waals surface area contributed by atoms with Crippen molar-refractivity contribution in [3.63, 3.8) is 0 Å². The van der Waals surface area contributed by atoms with E-state index in [2.05, 4.69) is 15.4 Å². The molecule has 0 unspecified atom stereocenters. The van der Waals surface area contributed by atoms with E-state index in [0.29, 0.717) is 29.9 Å². The number of anilines is 2. The fraction of sp³-hybridized carbons (Fsp3) is 0.167. The first-order chi connectivity index (χ1) is 15.4. The van der Waals surface area contributed by atoms with Crippen LogP contribution in [0.1, 0.15) is 29.3 Å². The lowest BCUT2D eigenvalue weighted by Crippen LogP contribution is -2.24. The van der Waals surface area contributed by atoms with E-state index >= 15 is 0 Å². The van der Waals surface area contributed by atoms with Gasteiger partial charge in [0.25, 0.3) is 5.91 Å². The number of amides is 2. The van der Waals surface area contributed by atoms with E-state index in [4.69, 9.17) is 0 Å². The molecule has 0 aliphatic carbocycles. The minimum Gasteiger partial charge on any atom is -0.326 e. The van der Waals surface area contributed by atoms with E-state index in [9.17, 15) is 18.0 Å². The molecule has 2 amide bonds. The monoisotopic (exact) mass is 451 g/mol. The molecule has 3 aromatic rings. The molecule has 0 saturated heterocycles. The fourth-order valence-corrected chi connectivity index (χ4v) is 4.07. The predicted octanol–water partition coefficient (Wildman–Crippen LogP) is 3.81. The molecule has 7 nitrogen and oxygen atoms in total. The third-order valence-corrected chi connectivity index (χ3v) is 6.08. The van der Waals surface area contributed by atoms with Crippen LogP contribution in [0.2, 0.25) is 0 Å². The molecule has 32 heavy (non-hydrogen) atoms. The second-order valence-electron chi connectivity index (χ2n) is 7.16. The zero-order valence-electron chi connectivity index (χ0n) is 17.7. The maximum absolute atomic E-state index is 12.5. The highest BCUT2D eigenvalue weighted by Gasteiger charge is 2.13. The zero-order chi connectivity index (χ0) is 23.0. The van der Waals surface area contributed by atoms with Crippen molar-refractivity contribution >= 4 is 33.2 Å². The molecule has 3 N–H and O–H groups in total. The van der Waals surface area contributed by atoms with Crippen molar-refractivity contribution < 1.29 is 18.0 Å². The van der Waals surface area contributed by atoms with Gasteiger partial charge in [0.1, 0.15) is 0 Å². The van der Waals surface area contributed by atoms with Gasteiger partial charge in [-0.05, 0) is 60.5 Å². The molecule has 0 bridgehead atoms. The van der Waals surface area contributed by atoms with Crippen molar-refractivity contribution in [1.82, 2.24) is 4.72 Å². The number of hydrogen-bond donors (Lipinski definition) is 3. The Morgan fingerprint density at radius 3 is 2.00 bits per heavy atom. The Morgan fingerprint density at radius 1 is 0.781 bits per heavy atom. The highest BCUT2D eigenvalue weighted by Crippen LogP contribution is 2.16. The average Bonchev–Trinajstić information content (AvgIpc) is 2.79. The summed E-state index contributed by atoms with van der Waals surface area (Å²) in [6, 6.07) is 21.9. The van der Waals surface area contributed by atoms with Gasteiger partial charge in [0.05, 0.1) is 11.3 Å². The predicted molar refractivity (Wildman–Crippen MR) is 125 cm³/mol. The number of sulfonamides is 1. The molecule has 0 aromatic heterocycles. The fourth-order valence-electron chi connectivity index (χ4n) is 2.93. The van der Waals surface area contributed by atoms with Crippen LogP contribution in [-0.4, -0.2) is 26.8 Å². The zero-order valence-corrected chi connectivity index (χ0v) is 18.5. The van der Waals surface area contributed by atoms with Gasteiger partial charge < -0.3 is 10.6 Å². The molecular formula is C24H25N3O4S. The van der Waals surface area contributed by atoms with E-state index < -0.39 is 10.0 Å². The lowest BCUT2D eigenvalue weighted by atomic mass is 10.1. The Bertz CT molecular complexity index is 1160. The molecule has 0 spiro atoms. The van der Waals surface area contributed by atoms with Gasteiger partial charge in [-0.25, -0.2) is 13.1 Å². The van der Waals surface area contributed by atoms with Gasteiger partial charge in [-0.3, -0.25) is 9.59 Å². The van der Waals surface area contributed by atoms with Crippen molar-refractivity contribution in [1.29, 1.82) is 0 Å². The third kappa shape index (κ3) is 6.50. The second kappa shape index (κ2) is 10.7. The summed E-state index contributed by atoms with van der Waals surface area (Å²) in [5.74, 6) is -0.483. The van der Waals surface area contributed by atoms with E-state index in [1.807, 2.05) is 37.3 Å². The Morgan fingerprint density at radius 2 is 1.38 bits per heavy atom. The smallest absolute Gasteiger partial charge is 0.255 e. The standard InChI is InChI=1S/C24H25N3O4S/c1-2-16-25-32(30,31)22-14-12-21(13-15-22)27-24(29)19-8-10-20(11-9-19)26-23(28)17-18-6-4-3-5-7-18/h3-15,25H,2,16-17H2,1H3,(H,26,28)(H,27,29). The minimum atomic E-state index is -3.55. The minimum absolute atomic E-state index is 0.138. The summed E-state index contributed by atoms with van der Waals surface area (Å²) in [6.07, 6.45) is 0.964. The van der Waals surface area contributed by atoms with Crippen LogP contribution in [0.15, 0.2) is 83.8 Å². The van der Waals surface area contributed by atoms with Crippen LogP contribution in [0, 0.1) is 0 Å². The van der Waals surface area contributed by atoms with Crippen LogP contribution >= 0.6 is 0 Å². The SMILES string of the molecule is CCCNS(=O)(=O)c1ccc(NC(=O)c2ccc(NC(=O)Cc3ccccc3)cc2)cc1. The van der Waals surface area contributed by atoms with Gasteiger partial charge in [-0.15, -0.1) is 0 Å².